The van der Waals surface area contributed by atoms with E-state index in [2.05, 4.69) is 132 Å². The first kappa shape index (κ1) is 37.7. The molecule has 0 spiro atoms. The molecule has 0 unspecified atom stereocenters. The summed E-state index contributed by atoms with van der Waals surface area (Å²) in [6.07, 6.45) is 1.02. The Morgan fingerprint density at radius 3 is 1.79 bits per heavy atom. The van der Waals surface area contributed by atoms with E-state index in [1.807, 2.05) is 29.2 Å². The van der Waals surface area contributed by atoms with Crippen molar-refractivity contribution in [2.45, 2.75) is 147 Å². The van der Waals surface area contributed by atoms with Crippen LogP contribution in [0.2, 0.25) is 54.4 Å². The van der Waals surface area contributed by atoms with Crippen LogP contribution in [0, 0.1) is 11.8 Å². The zero-order chi connectivity index (χ0) is 33.3. The molecule has 1 saturated heterocycles. The molecule has 1 amide bonds. The largest absolute Gasteiger partial charge is 0.407 e. The molecule has 0 aliphatic carbocycles. The summed E-state index contributed by atoms with van der Waals surface area (Å²) < 4.78 is 20.8. The van der Waals surface area contributed by atoms with Crippen LogP contribution < -0.4 is 0 Å². The monoisotopic (exact) mass is 643 g/mol. The first-order valence-electron chi connectivity index (χ1n) is 15.8. The Kier molecular flexibility index (Phi) is 11.5. The number of benzene rings is 1. The molecule has 1 aliphatic heterocycles. The van der Waals surface area contributed by atoms with Gasteiger partial charge in [0.05, 0.1) is 6.61 Å². The van der Waals surface area contributed by atoms with Gasteiger partial charge in [0.15, 0.2) is 31.1 Å². The lowest BCUT2D eigenvalue weighted by atomic mass is 9.88. The van der Waals surface area contributed by atoms with Crippen LogP contribution in [-0.2, 0) is 24.6 Å². The predicted molar refractivity (Wildman–Crippen MR) is 190 cm³/mol. The summed E-state index contributed by atoms with van der Waals surface area (Å²) >= 11 is 0. The van der Waals surface area contributed by atoms with Gasteiger partial charge in [0.25, 0.3) is 5.91 Å². The maximum atomic E-state index is 14.7. The van der Waals surface area contributed by atoms with Gasteiger partial charge in [-0.2, -0.15) is 0 Å². The van der Waals surface area contributed by atoms with Gasteiger partial charge in [0.1, 0.15) is 11.6 Å². The zero-order valence-corrected chi connectivity index (χ0v) is 33.0. The van der Waals surface area contributed by atoms with Crippen LogP contribution in [0.15, 0.2) is 43.0 Å². The molecule has 5 nitrogen and oxygen atoms in total. The molecule has 1 aromatic rings. The SMILES string of the molecule is C=CC[C@]1(C#CCO[Si](C)(C)C(C)(C)C)[C@H](O[Si](C)(C)C(C)(C)C)[C@@H](O[Si](C)(C)C(C)(C)C)C(=O)N1Cc1ccccc1. The van der Waals surface area contributed by atoms with Gasteiger partial charge in [0.2, 0.25) is 0 Å². The predicted octanol–water partition coefficient (Wildman–Crippen LogP) is 9.15. The highest BCUT2D eigenvalue weighted by Gasteiger charge is 2.62. The fraction of sp³-hybridized carbons (Fsp3) is 0.686. The minimum atomic E-state index is -2.37. The number of rotatable bonds is 10. The molecule has 8 heteroatoms. The molecule has 0 N–H and O–H groups in total. The van der Waals surface area contributed by atoms with Gasteiger partial charge in [-0.25, -0.2) is 0 Å². The Hall–Kier alpha value is -1.48. The summed E-state index contributed by atoms with van der Waals surface area (Å²) in [6, 6.07) is 10.1. The Bertz CT molecular complexity index is 1180. The Morgan fingerprint density at radius 2 is 1.33 bits per heavy atom. The second-order valence-corrected chi connectivity index (χ2v) is 31.1. The minimum Gasteiger partial charge on any atom is -0.407 e. The average Bonchev–Trinajstić information content (AvgIpc) is 3.02. The molecule has 1 heterocycles. The van der Waals surface area contributed by atoms with Crippen molar-refractivity contribution in [3.05, 3.63) is 48.6 Å². The molecule has 3 atom stereocenters. The Morgan fingerprint density at radius 1 is 0.837 bits per heavy atom. The molecule has 0 bridgehead atoms. The molecule has 0 saturated carbocycles. The molecule has 1 aliphatic rings. The van der Waals surface area contributed by atoms with E-state index in [9.17, 15) is 4.79 Å². The second-order valence-electron chi connectivity index (χ2n) is 16.8. The molecule has 242 valence electrons. The lowest BCUT2D eigenvalue weighted by Gasteiger charge is -2.45. The third kappa shape index (κ3) is 8.42. The van der Waals surface area contributed by atoms with E-state index >= 15 is 0 Å². The van der Waals surface area contributed by atoms with Crippen molar-refractivity contribution >= 4 is 30.9 Å². The molecular weight excluding hydrogens is 583 g/mol. The number of hydrogen-bond donors (Lipinski definition) is 0. The maximum Gasteiger partial charge on any atom is 0.254 e. The first-order chi connectivity index (χ1) is 19.3. The van der Waals surface area contributed by atoms with Gasteiger partial charge < -0.3 is 18.2 Å². The van der Waals surface area contributed by atoms with E-state index in [-0.39, 0.29) is 21.0 Å². The van der Waals surface area contributed by atoms with Crippen molar-refractivity contribution in [1.29, 1.82) is 0 Å². The average molecular weight is 644 g/mol. The summed E-state index contributed by atoms with van der Waals surface area (Å²) in [6.45, 7) is 38.3. The van der Waals surface area contributed by atoms with Crippen LogP contribution in [0.1, 0.15) is 74.3 Å². The van der Waals surface area contributed by atoms with Crippen LogP contribution in [0.3, 0.4) is 0 Å². The third-order valence-electron chi connectivity index (χ3n) is 10.4. The zero-order valence-electron chi connectivity index (χ0n) is 30.0. The number of amides is 1. The summed E-state index contributed by atoms with van der Waals surface area (Å²) in [5, 5.41) is -0.0686. The van der Waals surface area contributed by atoms with Crippen molar-refractivity contribution in [1.82, 2.24) is 4.90 Å². The smallest absolute Gasteiger partial charge is 0.254 e. The standard InChI is InChI=1S/C35H61NO4Si3/c1-17-24-35(25-21-26-38-41(11,12)32(2,3)4)30(40-43(15,16)34(8,9)10)29(39-42(13,14)33(5,6)7)31(37)36(35)27-28-22-19-18-20-23-28/h17-20,22-23,29-30H,1,24,26-27H2,2-16H3/t29-,30-,35+/m1/s1. The number of likely N-dealkylation sites (tertiary alicyclic amines) is 1. The van der Waals surface area contributed by atoms with Gasteiger partial charge in [-0.15, -0.1) is 6.58 Å². The highest BCUT2D eigenvalue weighted by atomic mass is 28.4. The summed E-state index contributed by atoms with van der Waals surface area (Å²) in [5.41, 5.74) is 0.0938. The lowest BCUT2D eigenvalue weighted by molar-refractivity contribution is -0.136. The van der Waals surface area contributed by atoms with Gasteiger partial charge in [0, 0.05) is 13.0 Å². The molecule has 1 fully saturated rings. The molecule has 2 rings (SSSR count). The topological polar surface area (TPSA) is 48.0 Å². The van der Waals surface area contributed by atoms with Gasteiger partial charge in [-0.1, -0.05) is 111 Å². The van der Waals surface area contributed by atoms with Crippen molar-refractivity contribution in [2.75, 3.05) is 6.61 Å². The van der Waals surface area contributed by atoms with E-state index in [0.717, 1.165) is 5.56 Å². The van der Waals surface area contributed by atoms with E-state index in [4.69, 9.17) is 13.3 Å². The second kappa shape index (κ2) is 13.1. The Labute approximate surface area is 267 Å². The van der Waals surface area contributed by atoms with Crippen molar-refractivity contribution in [3.8, 4) is 11.8 Å². The van der Waals surface area contributed by atoms with Crippen LogP contribution in [0.25, 0.3) is 0 Å². The van der Waals surface area contributed by atoms with Crippen LogP contribution in [-0.4, -0.2) is 60.1 Å². The van der Waals surface area contributed by atoms with Gasteiger partial charge in [-0.3, -0.25) is 4.79 Å². The summed E-state index contributed by atoms with van der Waals surface area (Å²) in [7, 11) is -6.75. The fourth-order valence-electron chi connectivity index (χ4n) is 4.39. The van der Waals surface area contributed by atoms with Crippen molar-refractivity contribution in [2.24, 2.45) is 0 Å². The molecule has 1 aromatic carbocycles. The van der Waals surface area contributed by atoms with Crippen molar-refractivity contribution < 1.29 is 18.1 Å². The third-order valence-corrected chi connectivity index (χ3v) is 23.8. The Balaban J connectivity index is 2.81. The van der Waals surface area contributed by atoms with E-state index in [1.165, 1.54) is 0 Å². The summed E-state index contributed by atoms with van der Waals surface area (Å²) in [5.74, 6) is 6.95. The molecule has 43 heavy (non-hydrogen) atoms. The van der Waals surface area contributed by atoms with Gasteiger partial charge in [-0.05, 0) is 60.0 Å². The van der Waals surface area contributed by atoms with Crippen LogP contribution in [0.4, 0.5) is 0 Å². The molecular formula is C35H61NO4Si3. The number of carbonyl (C=O) groups is 1. The van der Waals surface area contributed by atoms with Crippen molar-refractivity contribution in [3.63, 3.8) is 0 Å². The highest BCUT2D eigenvalue weighted by Crippen LogP contribution is 2.47. The first-order valence-corrected chi connectivity index (χ1v) is 24.5. The number of carbonyl (C=O) groups excluding carboxylic acids is 1. The highest BCUT2D eigenvalue weighted by molar-refractivity contribution is 6.75. The fourth-order valence-corrected chi connectivity index (χ4v) is 7.77. The summed E-state index contributed by atoms with van der Waals surface area (Å²) in [4.78, 5) is 16.6. The number of nitrogens with zero attached hydrogens (tertiary/aromatic N) is 1. The van der Waals surface area contributed by atoms with Crippen LogP contribution >= 0.6 is 0 Å². The normalized spacial score (nSPS) is 22.4. The van der Waals surface area contributed by atoms with E-state index in [0.29, 0.717) is 19.6 Å². The number of hydrogen-bond acceptors (Lipinski definition) is 4. The molecule has 0 aromatic heterocycles. The lowest BCUT2D eigenvalue weighted by Crippen LogP contribution is -2.57. The quantitative estimate of drug-likeness (QED) is 0.145. The maximum absolute atomic E-state index is 14.7. The van der Waals surface area contributed by atoms with E-state index in [1.54, 1.807) is 0 Å². The van der Waals surface area contributed by atoms with E-state index < -0.39 is 42.7 Å². The van der Waals surface area contributed by atoms with Crippen LogP contribution in [0.5, 0.6) is 0 Å². The minimum absolute atomic E-state index is 0.0566. The molecule has 0 radical (unpaired) electrons. The van der Waals surface area contributed by atoms with Gasteiger partial charge >= 0.3 is 0 Å².